The SMILES string of the molecule is C[C@@H]1Cc2c([nH]c3ccc(F)cc23)C(c2c(F)cc(OC3CN(CCCF)C3)cc2F)N1CC(F)(F)F. The molecule has 0 radical (unpaired) electrons. The van der Waals surface area contributed by atoms with Gasteiger partial charge in [0, 0.05) is 60.0 Å². The van der Waals surface area contributed by atoms with Gasteiger partial charge in [-0.1, -0.05) is 0 Å². The van der Waals surface area contributed by atoms with Crippen molar-refractivity contribution in [2.45, 2.75) is 44.1 Å². The summed E-state index contributed by atoms with van der Waals surface area (Å²) in [5, 5.41) is 0.474. The Labute approximate surface area is 209 Å². The Balaban J connectivity index is 1.51. The highest BCUT2D eigenvalue weighted by molar-refractivity contribution is 5.85. The van der Waals surface area contributed by atoms with Gasteiger partial charge in [-0.3, -0.25) is 14.2 Å². The van der Waals surface area contributed by atoms with Crippen LogP contribution in [0.4, 0.5) is 30.7 Å². The predicted molar refractivity (Wildman–Crippen MR) is 124 cm³/mol. The first-order valence-corrected chi connectivity index (χ1v) is 12.1. The Morgan fingerprint density at radius 3 is 2.41 bits per heavy atom. The summed E-state index contributed by atoms with van der Waals surface area (Å²) < 4.78 is 104. The normalized spacial score (nSPS) is 21.3. The minimum atomic E-state index is -4.61. The fraction of sp³-hybridized carbons (Fsp3) is 0.462. The van der Waals surface area contributed by atoms with Gasteiger partial charge in [-0.2, -0.15) is 13.2 Å². The first-order chi connectivity index (χ1) is 17.5. The van der Waals surface area contributed by atoms with Crippen molar-refractivity contribution < 1.29 is 35.5 Å². The molecule has 5 rings (SSSR count). The van der Waals surface area contributed by atoms with Crippen molar-refractivity contribution >= 4 is 10.9 Å². The molecule has 4 nitrogen and oxygen atoms in total. The summed E-state index contributed by atoms with van der Waals surface area (Å²) in [4.78, 5) is 5.96. The van der Waals surface area contributed by atoms with Crippen molar-refractivity contribution in [1.82, 2.24) is 14.8 Å². The van der Waals surface area contributed by atoms with E-state index in [0.29, 0.717) is 42.5 Å². The molecule has 0 spiro atoms. The van der Waals surface area contributed by atoms with E-state index in [0.717, 1.165) is 17.0 Å². The summed E-state index contributed by atoms with van der Waals surface area (Å²) in [5.74, 6) is -2.66. The second-order valence-corrected chi connectivity index (χ2v) is 9.79. The average Bonchev–Trinajstić information content (AvgIpc) is 3.13. The van der Waals surface area contributed by atoms with Crippen LogP contribution in [0.2, 0.25) is 0 Å². The van der Waals surface area contributed by atoms with Crippen LogP contribution in [0.3, 0.4) is 0 Å². The molecule has 1 fully saturated rings. The maximum atomic E-state index is 15.5. The van der Waals surface area contributed by atoms with Crippen molar-refractivity contribution in [3.8, 4) is 5.75 Å². The summed E-state index contributed by atoms with van der Waals surface area (Å²) >= 11 is 0. The summed E-state index contributed by atoms with van der Waals surface area (Å²) in [5.41, 5.74) is 0.680. The Morgan fingerprint density at radius 1 is 1.05 bits per heavy atom. The molecule has 11 heteroatoms. The summed E-state index contributed by atoms with van der Waals surface area (Å²) in [6, 6.07) is 3.75. The molecule has 1 unspecified atom stereocenters. The van der Waals surface area contributed by atoms with E-state index in [1.807, 2.05) is 4.90 Å². The van der Waals surface area contributed by atoms with Crippen LogP contribution in [-0.2, 0) is 6.42 Å². The third kappa shape index (κ3) is 5.16. The van der Waals surface area contributed by atoms with E-state index in [4.69, 9.17) is 4.74 Å². The highest BCUT2D eigenvalue weighted by Crippen LogP contribution is 2.44. The molecule has 3 aromatic rings. The third-order valence-electron chi connectivity index (χ3n) is 7.09. The molecule has 1 saturated heterocycles. The molecule has 0 saturated carbocycles. The van der Waals surface area contributed by atoms with Gasteiger partial charge >= 0.3 is 6.18 Å². The topological polar surface area (TPSA) is 31.5 Å². The second-order valence-electron chi connectivity index (χ2n) is 9.79. The van der Waals surface area contributed by atoms with Gasteiger partial charge < -0.3 is 9.72 Å². The number of hydrogen-bond acceptors (Lipinski definition) is 3. The van der Waals surface area contributed by atoms with Crippen molar-refractivity contribution in [2.24, 2.45) is 0 Å². The van der Waals surface area contributed by atoms with Crippen LogP contribution >= 0.6 is 0 Å². The van der Waals surface area contributed by atoms with E-state index in [9.17, 15) is 22.0 Å². The van der Waals surface area contributed by atoms with Gasteiger partial charge in [0.1, 0.15) is 29.3 Å². The van der Waals surface area contributed by atoms with Crippen LogP contribution in [0.5, 0.6) is 5.75 Å². The maximum absolute atomic E-state index is 15.5. The lowest BCUT2D eigenvalue weighted by Crippen LogP contribution is -2.53. The number of alkyl halides is 4. The van der Waals surface area contributed by atoms with Gasteiger partial charge in [0.25, 0.3) is 0 Å². The van der Waals surface area contributed by atoms with E-state index in [2.05, 4.69) is 4.98 Å². The monoisotopic (exact) mass is 529 g/mol. The zero-order chi connectivity index (χ0) is 26.5. The number of benzene rings is 2. The summed E-state index contributed by atoms with van der Waals surface area (Å²) in [6.45, 7) is 1.27. The number of ether oxygens (including phenoxy) is 1. The molecule has 200 valence electrons. The molecule has 1 aromatic heterocycles. The van der Waals surface area contributed by atoms with Crippen molar-refractivity contribution in [3.63, 3.8) is 0 Å². The quantitative estimate of drug-likeness (QED) is 0.387. The van der Waals surface area contributed by atoms with Crippen LogP contribution < -0.4 is 4.74 Å². The number of fused-ring (bicyclic) bond motifs is 3. The molecule has 0 amide bonds. The maximum Gasteiger partial charge on any atom is 0.401 e. The van der Waals surface area contributed by atoms with E-state index in [1.165, 1.54) is 18.2 Å². The molecule has 3 heterocycles. The number of nitrogens with zero attached hydrogens (tertiary/aromatic N) is 2. The molecule has 2 aromatic carbocycles. The van der Waals surface area contributed by atoms with E-state index in [-0.39, 0.29) is 24.0 Å². The largest absolute Gasteiger partial charge is 0.488 e. The fourth-order valence-electron chi connectivity index (χ4n) is 5.44. The first kappa shape index (κ1) is 25.8. The van der Waals surface area contributed by atoms with Gasteiger partial charge in [-0.15, -0.1) is 0 Å². The number of aromatic nitrogens is 1. The molecule has 2 aliphatic rings. The summed E-state index contributed by atoms with van der Waals surface area (Å²) in [7, 11) is 0. The van der Waals surface area contributed by atoms with Gasteiger partial charge in [-0.05, 0) is 43.5 Å². The van der Waals surface area contributed by atoms with Gasteiger partial charge in [0.2, 0.25) is 0 Å². The molecular weight excluding hydrogens is 503 g/mol. The lowest BCUT2D eigenvalue weighted by molar-refractivity contribution is -0.155. The average molecular weight is 530 g/mol. The standard InChI is InChI=1S/C26H26F7N3O/c1-14-7-19-18-8-15(28)3-4-22(18)34-24(19)25(36(14)13-26(31,32)33)23-20(29)9-16(10-21(23)30)37-17-11-35(12-17)6-2-5-27/h3-4,8-10,14,17,25,34H,2,5-7,11-13H2,1H3/t14-,25?/m1/s1. The lowest BCUT2D eigenvalue weighted by Gasteiger charge is -2.41. The molecule has 1 N–H and O–H groups in total. The molecule has 0 aliphatic carbocycles. The van der Waals surface area contributed by atoms with Gasteiger partial charge in [0.15, 0.2) is 0 Å². The van der Waals surface area contributed by atoms with E-state index < -0.39 is 54.5 Å². The predicted octanol–water partition coefficient (Wildman–Crippen LogP) is 5.91. The molecule has 37 heavy (non-hydrogen) atoms. The number of rotatable bonds is 7. The Bertz CT molecular complexity index is 1260. The lowest BCUT2D eigenvalue weighted by atomic mass is 9.88. The number of aromatic amines is 1. The highest BCUT2D eigenvalue weighted by atomic mass is 19.4. The number of likely N-dealkylation sites (tertiary alicyclic amines) is 1. The molecular formula is C26H26F7N3O. The van der Waals surface area contributed by atoms with E-state index in [1.54, 1.807) is 6.92 Å². The van der Waals surface area contributed by atoms with Crippen LogP contribution in [-0.4, -0.2) is 66.0 Å². The minimum absolute atomic E-state index is 0.0703. The van der Waals surface area contributed by atoms with Gasteiger partial charge in [-0.25, -0.2) is 13.2 Å². The third-order valence-corrected chi connectivity index (χ3v) is 7.09. The van der Waals surface area contributed by atoms with Crippen molar-refractivity contribution in [3.05, 3.63) is 64.6 Å². The zero-order valence-electron chi connectivity index (χ0n) is 20.0. The minimum Gasteiger partial charge on any atom is -0.488 e. The second kappa shape index (κ2) is 9.83. The molecule has 2 atom stereocenters. The smallest absolute Gasteiger partial charge is 0.401 e. The Morgan fingerprint density at radius 2 is 1.76 bits per heavy atom. The first-order valence-electron chi connectivity index (χ1n) is 12.1. The molecule has 0 bridgehead atoms. The number of nitrogens with one attached hydrogen (secondary N) is 1. The van der Waals surface area contributed by atoms with Crippen molar-refractivity contribution in [2.75, 3.05) is 32.9 Å². The Hall–Kier alpha value is -2.79. The van der Waals surface area contributed by atoms with Crippen LogP contribution in [0.1, 0.15) is 36.2 Å². The molecule has 2 aliphatic heterocycles. The number of hydrogen-bond donors (Lipinski definition) is 1. The number of H-pyrrole nitrogens is 1. The van der Waals surface area contributed by atoms with Crippen LogP contribution in [0, 0.1) is 17.5 Å². The van der Waals surface area contributed by atoms with Crippen LogP contribution in [0.15, 0.2) is 30.3 Å². The van der Waals surface area contributed by atoms with Crippen LogP contribution in [0.25, 0.3) is 10.9 Å². The van der Waals surface area contributed by atoms with E-state index >= 15 is 8.78 Å². The fourth-order valence-corrected chi connectivity index (χ4v) is 5.44. The summed E-state index contributed by atoms with van der Waals surface area (Å²) in [6.07, 6.45) is -4.40. The van der Waals surface area contributed by atoms with Crippen molar-refractivity contribution in [1.29, 1.82) is 0 Å². The number of halogens is 7. The Kier molecular flexibility index (Phi) is 6.86. The van der Waals surface area contributed by atoms with Gasteiger partial charge in [0.05, 0.1) is 19.3 Å². The zero-order valence-corrected chi connectivity index (χ0v) is 20.0. The highest BCUT2D eigenvalue weighted by Gasteiger charge is 2.44.